The number of carboxylic acids is 1. The van der Waals surface area contributed by atoms with Crippen molar-refractivity contribution in [3.63, 3.8) is 0 Å². The van der Waals surface area contributed by atoms with Gasteiger partial charge in [0.05, 0.1) is 5.41 Å². The van der Waals surface area contributed by atoms with Crippen LogP contribution in [0.15, 0.2) is 0 Å². The summed E-state index contributed by atoms with van der Waals surface area (Å²) >= 11 is 0. The van der Waals surface area contributed by atoms with Crippen LogP contribution < -0.4 is 0 Å². The second kappa shape index (κ2) is 6.24. The maximum absolute atomic E-state index is 12.6. The van der Waals surface area contributed by atoms with Crippen molar-refractivity contribution in [1.29, 1.82) is 0 Å². The summed E-state index contributed by atoms with van der Waals surface area (Å²) in [5.41, 5.74) is -0.626. The molecule has 5 heteroatoms. The van der Waals surface area contributed by atoms with Crippen molar-refractivity contribution >= 4 is 12.0 Å². The zero-order chi connectivity index (χ0) is 16.4. The zero-order valence-corrected chi connectivity index (χ0v) is 14.3. The maximum Gasteiger partial charge on any atom is 0.319 e. The Kier molecular flexibility index (Phi) is 5.29. The fourth-order valence-corrected chi connectivity index (χ4v) is 2.81. The van der Waals surface area contributed by atoms with Crippen LogP contribution in [0, 0.1) is 10.8 Å². The van der Waals surface area contributed by atoms with E-state index in [4.69, 9.17) is 0 Å². The van der Waals surface area contributed by atoms with Gasteiger partial charge >= 0.3 is 12.0 Å². The molecule has 1 aliphatic heterocycles. The fourth-order valence-electron chi connectivity index (χ4n) is 2.81. The normalized spacial score (nSPS) is 20.0. The maximum atomic E-state index is 12.6. The van der Waals surface area contributed by atoms with E-state index in [1.54, 1.807) is 9.80 Å². The third-order valence-corrected chi connectivity index (χ3v) is 5.26. The molecule has 1 heterocycles. The van der Waals surface area contributed by atoms with Crippen molar-refractivity contribution in [2.75, 3.05) is 20.1 Å². The van der Waals surface area contributed by atoms with E-state index in [0.717, 1.165) is 0 Å². The minimum atomic E-state index is -0.728. The van der Waals surface area contributed by atoms with E-state index in [2.05, 4.69) is 27.7 Å². The Morgan fingerprint density at radius 1 is 1.29 bits per heavy atom. The quantitative estimate of drug-likeness (QED) is 0.871. The van der Waals surface area contributed by atoms with E-state index in [-0.39, 0.29) is 17.5 Å². The van der Waals surface area contributed by atoms with Gasteiger partial charge in [0.2, 0.25) is 0 Å². The number of rotatable bonds is 3. The molecule has 2 amide bonds. The predicted octanol–water partition coefficient (Wildman–Crippen LogP) is 3.05. The van der Waals surface area contributed by atoms with E-state index < -0.39 is 11.4 Å². The molecule has 0 aromatic heterocycles. The Labute approximate surface area is 128 Å². The Bertz CT molecular complexity index is 393. The number of aliphatic carboxylic acids is 1. The van der Waals surface area contributed by atoms with Gasteiger partial charge in [-0.05, 0) is 31.6 Å². The molecule has 1 atom stereocenters. The summed E-state index contributed by atoms with van der Waals surface area (Å²) in [4.78, 5) is 27.6. The summed E-state index contributed by atoms with van der Waals surface area (Å²) in [5, 5.41) is 9.40. The summed E-state index contributed by atoms with van der Waals surface area (Å²) in [5.74, 6) is -0.728. The molecule has 0 bridgehead atoms. The van der Waals surface area contributed by atoms with Crippen LogP contribution in [-0.4, -0.2) is 53.1 Å². The van der Waals surface area contributed by atoms with E-state index >= 15 is 0 Å². The lowest BCUT2D eigenvalue weighted by molar-refractivity contribution is -0.152. The molecule has 1 fully saturated rings. The summed E-state index contributed by atoms with van der Waals surface area (Å²) in [6.45, 7) is 11.4. The third-order valence-electron chi connectivity index (χ3n) is 5.26. The minimum Gasteiger partial charge on any atom is -0.481 e. The van der Waals surface area contributed by atoms with Gasteiger partial charge in [0.15, 0.2) is 0 Å². The first-order valence-corrected chi connectivity index (χ1v) is 7.80. The topological polar surface area (TPSA) is 60.9 Å². The number of piperidine rings is 1. The standard InChI is InChI=1S/C16H30N2O3/c1-7-16(13(19)20)8-10-18(11-9-16)14(21)17(6)12(2)15(3,4)5/h12H,7-11H2,1-6H3,(H,19,20). The van der Waals surface area contributed by atoms with Gasteiger partial charge < -0.3 is 14.9 Å². The second-order valence-corrected chi connectivity index (χ2v) is 7.36. The number of urea groups is 1. The first-order chi connectivity index (χ1) is 9.55. The molecule has 0 aromatic rings. The van der Waals surface area contributed by atoms with Crippen LogP contribution in [0.25, 0.3) is 0 Å². The van der Waals surface area contributed by atoms with E-state index in [1.165, 1.54) is 0 Å². The summed E-state index contributed by atoms with van der Waals surface area (Å²) in [6.07, 6.45) is 1.71. The Balaban J connectivity index is 2.70. The van der Waals surface area contributed by atoms with Crippen LogP contribution in [0.4, 0.5) is 4.79 Å². The number of hydrogen-bond donors (Lipinski definition) is 1. The molecule has 0 saturated carbocycles. The number of likely N-dealkylation sites (tertiary alicyclic amines) is 1. The summed E-state index contributed by atoms with van der Waals surface area (Å²) in [7, 11) is 1.83. The van der Waals surface area contributed by atoms with E-state index in [0.29, 0.717) is 32.4 Å². The smallest absolute Gasteiger partial charge is 0.319 e. The first kappa shape index (κ1) is 17.8. The lowest BCUT2D eigenvalue weighted by atomic mass is 9.76. The number of carboxylic acid groups (broad SMARTS) is 1. The lowest BCUT2D eigenvalue weighted by Crippen LogP contribution is -2.53. The molecule has 0 spiro atoms. The highest BCUT2D eigenvalue weighted by Gasteiger charge is 2.41. The lowest BCUT2D eigenvalue weighted by Gasteiger charge is -2.42. The average molecular weight is 298 g/mol. The number of carbonyl (C=O) groups is 2. The number of carbonyl (C=O) groups excluding carboxylic acids is 1. The van der Waals surface area contributed by atoms with Crippen LogP contribution in [0.1, 0.15) is 53.9 Å². The summed E-state index contributed by atoms with van der Waals surface area (Å²) < 4.78 is 0. The highest BCUT2D eigenvalue weighted by Crippen LogP contribution is 2.35. The minimum absolute atomic E-state index is 0.00696. The van der Waals surface area contributed by atoms with Crippen LogP contribution in [0.5, 0.6) is 0 Å². The molecule has 5 nitrogen and oxygen atoms in total. The van der Waals surface area contributed by atoms with Crippen LogP contribution in [-0.2, 0) is 4.79 Å². The van der Waals surface area contributed by atoms with Gasteiger partial charge in [0.25, 0.3) is 0 Å². The third kappa shape index (κ3) is 3.69. The van der Waals surface area contributed by atoms with Gasteiger partial charge in [-0.2, -0.15) is 0 Å². The van der Waals surface area contributed by atoms with Gasteiger partial charge in [-0.1, -0.05) is 27.7 Å². The Morgan fingerprint density at radius 3 is 2.10 bits per heavy atom. The van der Waals surface area contributed by atoms with Gasteiger partial charge in [-0.3, -0.25) is 4.79 Å². The highest BCUT2D eigenvalue weighted by atomic mass is 16.4. The SMILES string of the molecule is CCC1(C(=O)O)CCN(C(=O)N(C)C(C)C(C)(C)C)CC1. The molecular formula is C16H30N2O3. The van der Waals surface area contributed by atoms with Crippen molar-refractivity contribution in [2.45, 2.75) is 59.9 Å². The van der Waals surface area contributed by atoms with Crippen molar-refractivity contribution in [1.82, 2.24) is 9.80 Å². The van der Waals surface area contributed by atoms with Crippen LogP contribution in [0.2, 0.25) is 0 Å². The molecule has 1 aliphatic rings. The molecule has 0 aliphatic carbocycles. The first-order valence-electron chi connectivity index (χ1n) is 7.80. The van der Waals surface area contributed by atoms with Gasteiger partial charge in [-0.25, -0.2) is 4.79 Å². The largest absolute Gasteiger partial charge is 0.481 e. The number of nitrogens with zero attached hydrogens (tertiary/aromatic N) is 2. The zero-order valence-electron chi connectivity index (χ0n) is 14.3. The molecule has 1 saturated heterocycles. The molecule has 21 heavy (non-hydrogen) atoms. The van der Waals surface area contributed by atoms with Crippen LogP contribution >= 0.6 is 0 Å². The predicted molar refractivity (Wildman–Crippen MR) is 83.2 cm³/mol. The van der Waals surface area contributed by atoms with Gasteiger partial charge in [0.1, 0.15) is 0 Å². The molecule has 1 N–H and O–H groups in total. The molecule has 122 valence electrons. The Morgan fingerprint density at radius 2 is 1.76 bits per heavy atom. The monoisotopic (exact) mass is 298 g/mol. The molecular weight excluding hydrogens is 268 g/mol. The van der Waals surface area contributed by atoms with Crippen molar-refractivity contribution in [2.24, 2.45) is 10.8 Å². The molecule has 1 rings (SSSR count). The average Bonchev–Trinajstić information content (AvgIpc) is 2.43. The molecule has 0 aromatic carbocycles. The molecule has 0 radical (unpaired) electrons. The van der Waals surface area contributed by atoms with E-state index in [1.807, 2.05) is 14.0 Å². The van der Waals surface area contributed by atoms with Gasteiger partial charge in [-0.15, -0.1) is 0 Å². The second-order valence-electron chi connectivity index (χ2n) is 7.36. The van der Waals surface area contributed by atoms with E-state index in [9.17, 15) is 14.7 Å². The highest BCUT2D eigenvalue weighted by molar-refractivity contribution is 5.77. The van der Waals surface area contributed by atoms with Crippen LogP contribution in [0.3, 0.4) is 0 Å². The number of hydrogen-bond acceptors (Lipinski definition) is 2. The Hall–Kier alpha value is -1.26. The van der Waals surface area contributed by atoms with Gasteiger partial charge in [0, 0.05) is 26.2 Å². The van der Waals surface area contributed by atoms with Crippen molar-refractivity contribution in [3.05, 3.63) is 0 Å². The summed E-state index contributed by atoms with van der Waals surface area (Å²) in [6, 6.07) is 0.134. The molecule has 1 unspecified atom stereocenters. The van der Waals surface area contributed by atoms with Crippen molar-refractivity contribution < 1.29 is 14.7 Å². The fraction of sp³-hybridized carbons (Fsp3) is 0.875. The van der Waals surface area contributed by atoms with Crippen molar-refractivity contribution in [3.8, 4) is 0 Å². The number of amides is 2.